The normalized spacial score (nSPS) is 12.1. The molecule has 6 nitrogen and oxygen atoms in total. The van der Waals surface area contributed by atoms with Crippen molar-refractivity contribution >= 4 is 11.8 Å². The maximum absolute atomic E-state index is 12.9. The third-order valence-electron chi connectivity index (χ3n) is 6.07. The number of benzene rings is 2. The van der Waals surface area contributed by atoms with Crippen LogP contribution in [0.15, 0.2) is 48.5 Å². The second kappa shape index (κ2) is 14.5. The molecule has 2 N–H and O–H groups in total. The Balaban J connectivity index is 2.01. The number of unbranched alkanes of at least 4 members (excludes halogenated alkanes) is 1. The number of amides is 2. The van der Waals surface area contributed by atoms with Crippen molar-refractivity contribution in [2.45, 2.75) is 78.9 Å². The first kappa shape index (κ1) is 28.4. The van der Waals surface area contributed by atoms with Crippen molar-refractivity contribution in [3.05, 3.63) is 65.2 Å². The summed E-state index contributed by atoms with van der Waals surface area (Å²) in [6, 6.07) is 15.4. The van der Waals surface area contributed by atoms with Crippen LogP contribution in [-0.4, -0.2) is 54.5 Å². The summed E-state index contributed by atoms with van der Waals surface area (Å²) in [5.74, 6) is 0.385. The highest BCUT2D eigenvalue weighted by Crippen LogP contribution is 2.15. The quantitative estimate of drug-likeness (QED) is 0.382. The lowest BCUT2D eigenvalue weighted by atomic mass is 10.0. The Morgan fingerprint density at radius 2 is 1.57 bits per heavy atom. The Morgan fingerprint density at radius 3 is 2.14 bits per heavy atom. The Morgan fingerprint density at radius 1 is 0.943 bits per heavy atom. The van der Waals surface area contributed by atoms with Crippen molar-refractivity contribution in [1.29, 1.82) is 0 Å². The zero-order chi connectivity index (χ0) is 25.8. The molecule has 0 aliphatic rings. The Hall–Kier alpha value is -2.86. The monoisotopic (exact) mass is 481 g/mol. The molecule has 192 valence electrons. The van der Waals surface area contributed by atoms with Crippen LogP contribution in [-0.2, 0) is 11.2 Å². The number of rotatable bonds is 14. The van der Waals surface area contributed by atoms with E-state index >= 15 is 0 Å². The van der Waals surface area contributed by atoms with E-state index in [1.165, 1.54) is 0 Å². The molecule has 0 aliphatic carbocycles. The van der Waals surface area contributed by atoms with Gasteiger partial charge in [0.2, 0.25) is 5.91 Å². The molecule has 6 heteroatoms. The lowest BCUT2D eigenvalue weighted by Gasteiger charge is -2.30. The fourth-order valence-corrected chi connectivity index (χ4v) is 4.01. The molecule has 1 unspecified atom stereocenters. The fraction of sp³-hybridized carbons (Fsp3) is 0.517. The van der Waals surface area contributed by atoms with Gasteiger partial charge in [0.05, 0.1) is 0 Å². The minimum Gasteiger partial charge on any atom is -0.492 e. The average Bonchev–Trinajstić information content (AvgIpc) is 2.82. The van der Waals surface area contributed by atoms with Crippen LogP contribution in [0.2, 0.25) is 0 Å². The molecule has 2 amide bonds. The Bertz CT molecular complexity index is 900. The summed E-state index contributed by atoms with van der Waals surface area (Å²) in [5, 5.41) is 5.88. The molecule has 0 bridgehead atoms. The number of ether oxygens (including phenoxy) is 1. The first-order chi connectivity index (χ1) is 16.7. The van der Waals surface area contributed by atoms with Crippen LogP contribution in [0.4, 0.5) is 0 Å². The van der Waals surface area contributed by atoms with Gasteiger partial charge in [-0.05, 0) is 70.9 Å². The summed E-state index contributed by atoms with van der Waals surface area (Å²) in [6.07, 6.45) is 2.31. The maximum atomic E-state index is 12.9. The number of nitrogens with one attached hydrogen (secondary N) is 2. The van der Waals surface area contributed by atoms with Crippen LogP contribution < -0.4 is 15.4 Å². The van der Waals surface area contributed by atoms with Gasteiger partial charge in [-0.2, -0.15) is 0 Å². The smallest absolute Gasteiger partial charge is 0.251 e. The summed E-state index contributed by atoms with van der Waals surface area (Å²) < 4.78 is 5.95. The van der Waals surface area contributed by atoms with Crippen LogP contribution in [0, 0.1) is 6.92 Å². The molecule has 0 fully saturated rings. The molecule has 2 aromatic rings. The van der Waals surface area contributed by atoms with Crippen molar-refractivity contribution in [2.75, 3.05) is 19.7 Å². The lowest BCUT2D eigenvalue weighted by Crippen LogP contribution is -2.48. The summed E-state index contributed by atoms with van der Waals surface area (Å²) >= 11 is 0. The van der Waals surface area contributed by atoms with E-state index in [-0.39, 0.29) is 11.8 Å². The minimum absolute atomic E-state index is 0.165. The second-order valence-electron chi connectivity index (χ2n) is 9.66. The Kier molecular flexibility index (Phi) is 11.8. The van der Waals surface area contributed by atoms with Crippen molar-refractivity contribution < 1.29 is 14.3 Å². The fourth-order valence-electron chi connectivity index (χ4n) is 4.01. The molecule has 0 aliphatic heterocycles. The predicted molar refractivity (Wildman–Crippen MR) is 143 cm³/mol. The van der Waals surface area contributed by atoms with Gasteiger partial charge in [0.15, 0.2) is 0 Å². The lowest BCUT2D eigenvalue weighted by molar-refractivity contribution is -0.122. The second-order valence-corrected chi connectivity index (χ2v) is 9.66. The molecule has 1 atom stereocenters. The van der Waals surface area contributed by atoms with E-state index in [2.05, 4.69) is 50.2 Å². The molecule has 0 spiro atoms. The zero-order valence-corrected chi connectivity index (χ0v) is 22.3. The molecule has 2 rings (SSSR count). The van der Waals surface area contributed by atoms with E-state index in [4.69, 9.17) is 4.74 Å². The number of aryl methyl sites for hydroxylation is 1. The standard InChI is InChI=1S/C29H43N3O3/c1-7-8-17-30-29(34)27(31-28(33)25-13-9-23(6)10-14-25)20-24-11-15-26(16-12-24)35-19-18-32(21(2)3)22(4)5/h9-16,21-22,27H,7-8,17-20H2,1-6H3,(H,30,34)(H,31,33). The summed E-state index contributed by atoms with van der Waals surface area (Å²) in [6.45, 7) is 14.9. The van der Waals surface area contributed by atoms with Crippen LogP contribution in [0.5, 0.6) is 5.75 Å². The highest BCUT2D eigenvalue weighted by atomic mass is 16.5. The molecule has 0 saturated heterocycles. The van der Waals surface area contributed by atoms with Gasteiger partial charge in [0.25, 0.3) is 5.91 Å². The van der Waals surface area contributed by atoms with Gasteiger partial charge in [0.1, 0.15) is 18.4 Å². The van der Waals surface area contributed by atoms with Crippen LogP contribution in [0.25, 0.3) is 0 Å². The zero-order valence-electron chi connectivity index (χ0n) is 22.3. The first-order valence-corrected chi connectivity index (χ1v) is 12.8. The van der Waals surface area contributed by atoms with Gasteiger partial charge < -0.3 is 15.4 Å². The summed E-state index contributed by atoms with van der Waals surface area (Å²) in [4.78, 5) is 28.1. The minimum atomic E-state index is -0.655. The highest BCUT2D eigenvalue weighted by molar-refractivity contribution is 5.97. The third-order valence-corrected chi connectivity index (χ3v) is 6.07. The molecular weight excluding hydrogens is 438 g/mol. The number of carbonyl (C=O) groups is 2. The SMILES string of the molecule is CCCCNC(=O)C(Cc1ccc(OCCN(C(C)C)C(C)C)cc1)NC(=O)c1ccc(C)cc1. The molecular formula is C29H43N3O3. The molecule has 0 aromatic heterocycles. The van der Waals surface area contributed by atoms with Gasteiger partial charge in [0, 0.05) is 37.2 Å². The first-order valence-electron chi connectivity index (χ1n) is 12.8. The molecule has 0 heterocycles. The summed E-state index contributed by atoms with van der Waals surface area (Å²) in [5.41, 5.74) is 2.59. The van der Waals surface area contributed by atoms with Crippen LogP contribution in [0.1, 0.15) is 68.9 Å². The number of hydrogen-bond acceptors (Lipinski definition) is 4. The molecule has 0 radical (unpaired) electrons. The predicted octanol–water partition coefficient (Wildman–Crippen LogP) is 4.75. The number of carbonyl (C=O) groups excluding carboxylic acids is 2. The number of nitrogens with zero attached hydrogens (tertiary/aromatic N) is 1. The highest BCUT2D eigenvalue weighted by Gasteiger charge is 2.22. The van der Waals surface area contributed by atoms with E-state index in [0.717, 1.165) is 36.3 Å². The topological polar surface area (TPSA) is 70.7 Å². The van der Waals surface area contributed by atoms with Crippen LogP contribution >= 0.6 is 0 Å². The van der Waals surface area contributed by atoms with Gasteiger partial charge >= 0.3 is 0 Å². The van der Waals surface area contributed by atoms with E-state index in [0.29, 0.717) is 37.2 Å². The molecule has 2 aromatic carbocycles. The number of hydrogen-bond donors (Lipinski definition) is 2. The van der Waals surface area contributed by atoms with E-state index in [9.17, 15) is 9.59 Å². The van der Waals surface area contributed by atoms with Crippen molar-refractivity contribution in [2.24, 2.45) is 0 Å². The van der Waals surface area contributed by atoms with Crippen LogP contribution in [0.3, 0.4) is 0 Å². The largest absolute Gasteiger partial charge is 0.492 e. The van der Waals surface area contributed by atoms with Gasteiger partial charge in [-0.3, -0.25) is 14.5 Å². The van der Waals surface area contributed by atoms with Crippen molar-refractivity contribution in [3.8, 4) is 5.75 Å². The molecule has 0 saturated carbocycles. The summed E-state index contributed by atoms with van der Waals surface area (Å²) in [7, 11) is 0. The van der Waals surface area contributed by atoms with Crippen molar-refractivity contribution in [3.63, 3.8) is 0 Å². The van der Waals surface area contributed by atoms with E-state index < -0.39 is 6.04 Å². The van der Waals surface area contributed by atoms with Gasteiger partial charge in [-0.25, -0.2) is 0 Å². The van der Waals surface area contributed by atoms with Crippen molar-refractivity contribution in [1.82, 2.24) is 15.5 Å². The third kappa shape index (κ3) is 9.73. The van der Waals surface area contributed by atoms with E-state index in [1.807, 2.05) is 43.3 Å². The van der Waals surface area contributed by atoms with E-state index in [1.54, 1.807) is 12.1 Å². The maximum Gasteiger partial charge on any atom is 0.251 e. The van der Waals surface area contributed by atoms with Gasteiger partial charge in [-0.1, -0.05) is 43.2 Å². The average molecular weight is 482 g/mol. The Labute approximate surface area is 211 Å². The molecule has 35 heavy (non-hydrogen) atoms. The van der Waals surface area contributed by atoms with Gasteiger partial charge in [-0.15, -0.1) is 0 Å².